The molecule has 0 saturated carbocycles. The SMILES string of the molecule is Cc1sc2nc(CSc3nnc(N4CCOCC4)n3CC(F)(F)F)[nH]c(=O)c2c1C. The van der Waals surface area contributed by atoms with E-state index in [1.165, 1.54) is 11.3 Å². The Kier molecular flexibility index (Phi) is 5.77. The summed E-state index contributed by atoms with van der Waals surface area (Å²) < 4.78 is 45.9. The van der Waals surface area contributed by atoms with Gasteiger partial charge in [0.05, 0.1) is 24.4 Å². The van der Waals surface area contributed by atoms with Crippen LogP contribution in [0.3, 0.4) is 0 Å². The van der Waals surface area contributed by atoms with Crippen LogP contribution in [0.2, 0.25) is 0 Å². The minimum atomic E-state index is -4.42. The minimum absolute atomic E-state index is 0.120. The van der Waals surface area contributed by atoms with Crippen LogP contribution in [-0.2, 0) is 17.0 Å². The van der Waals surface area contributed by atoms with Crippen molar-refractivity contribution in [2.45, 2.75) is 37.5 Å². The Labute approximate surface area is 177 Å². The number of rotatable bonds is 5. The number of nitrogens with one attached hydrogen (secondary N) is 1. The molecular weight excluding hydrogens is 441 g/mol. The van der Waals surface area contributed by atoms with Gasteiger partial charge in [0.1, 0.15) is 17.2 Å². The molecule has 4 rings (SSSR count). The molecule has 162 valence electrons. The predicted octanol–water partition coefficient (Wildman–Crippen LogP) is 2.88. The highest BCUT2D eigenvalue weighted by molar-refractivity contribution is 7.98. The van der Waals surface area contributed by atoms with Gasteiger partial charge in [-0.2, -0.15) is 13.2 Å². The van der Waals surface area contributed by atoms with Gasteiger partial charge in [-0.15, -0.1) is 21.5 Å². The summed E-state index contributed by atoms with van der Waals surface area (Å²) in [7, 11) is 0. The van der Waals surface area contributed by atoms with Crippen molar-refractivity contribution >= 4 is 39.3 Å². The average Bonchev–Trinajstić information content (AvgIpc) is 3.20. The van der Waals surface area contributed by atoms with Gasteiger partial charge in [-0.3, -0.25) is 9.36 Å². The molecular formula is C17H19F3N6O2S2. The van der Waals surface area contributed by atoms with Crippen LogP contribution >= 0.6 is 23.1 Å². The average molecular weight is 461 g/mol. The number of aromatic amines is 1. The number of thiophene rings is 1. The van der Waals surface area contributed by atoms with E-state index in [0.717, 1.165) is 26.8 Å². The van der Waals surface area contributed by atoms with Gasteiger partial charge in [-0.1, -0.05) is 11.8 Å². The van der Waals surface area contributed by atoms with Gasteiger partial charge in [0.25, 0.3) is 5.56 Å². The van der Waals surface area contributed by atoms with Gasteiger partial charge >= 0.3 is 6.18 Å². The molecule has 1 aliphatic rings. The number of hydrogen-bond acceptors (Lipinski definition) is 8. The number of alkyl halides is 3. The molecule has 0 spiro atoms. The molecule has 13 heteroatoms. The van der Waals surface area contributed by atoms with E-state index in [-0.39, 0.29) is 22.4 Å². The fourth-order valence-corrected chi connectivity index (χ4v) is 5.06. The highest BCUT2D eigenvalue weighted by atomic mass is 32.2. The zero-order valence-corrected chi connectivity index (χ0v) is 17.9. The Morgan fingerprint density at radius 2 is 1.97 bits per heavy atom. The van der Waals surface area contributed by atoms with Crippen molar-refractivity contribution in [2.75, 3.05) is 31.2 Å². The second-order valence-electron chi connectivity index (χ2n) is 6.85. The number of fused-ring (bicyclic) bond motifs is 1. The van der Waals surface area contributed by atoms with Crippen molar-refractivity contribution in [1.82, 2.24) is 24.7 Å². The fourth-order valence-electron chi connectivity index (χ4n) is 3.20. The second kappa shape index (κ2) is 8.19. The van der Waals surface area contributed by atoms with E-state index < -0.39 is 12.7 Å². The van der Waals surface area contributed by atoms with Crippen LogP contribution in [0.1, 0.15) is 16.3 Å². The number of aryl methyl sites for hydroxylation is 2. The molecule has 0 unspecified atom stereocenters. The minimum Gasteiger partial charge on any atom is -0.378 e. The first-order chi connectivity index (χ1) is 14.2. The summed E-state index contributed by atoms with van der Waals surface area (Å²) in [5.74, 6) is 0.716. The fraction of sp³-hybridized carbons (Fsp3) is 0.529. The van der Waals surface area contributed by atoms with Crippen molar-refractivity contribution in [2.24, 2.45) is 0 Å². The van der Waals surface area contributed by atoms with E-state index in [0.29, 0.717) is 42.3 Å². The summed E-state index contributed by atoms with van der Waals surface area (Å²) in [4.78, 5) is 23.0. The Morgan fingerprint density at radius 1 is 1.23 bits per heavy atom. The van der Waals surface area contributed by atoms with Crippen molar-refractivity contribution in [3.05, 3.63) is 26.6 Å². The summed E-state index contributed by atoms with van der Waals surface area (Å²) in [6.45, 7) is 4.33. The van der Waals surface area contributed by atoms with Crippen molar-refractivity contribution in [3.8, 4) is 0 Å². The lowest BCUT2D eigenvalue weighted by Crippen LogP contribution is -2.38. The normalized spacial score (nSPS) is 15.3. The number of halogens is 3. The number of H-pyrrole nitrogens is 1. The molecule has 0 amide bonds. The van der Waals surface area contributed by atoms with E-state index in [2.05, 4.69) is 20.2 Å². The molecule has 0 bridgehead atoms. The topological polar surface area (TPSA) is 88.9 Å². The molecule has 1 fully saturated rings. The second-order valence-corrected chi connectivity index (χ2v) is 8.99. The van der Waals surface area contributed by atoms with Gasteiger partial charge in [0.2, 0.25) is 5.95 Å². The highest BCUT2D eigenvalue weighted by Gasteiger charge is 2.33. The molecule has 1 aliphatic heterocycles. The van der Waals surface area contributed by atoms with Crippen LogP contribution < -0.4 is 10.5 Å². The van der Waals surface area contributed by atoms with Gasteiger partial charge in [-0.25, -0.2) is 4.98 Å². The van der Waals surface area contributed by atoms with E-state index in [1.807, 2.05) is 13.8 Å². The van der Waals surface area contributed by atoms with Gasteiger partial charge in [0, 0.05) is 18.0 Å². The third-order valence-electron chi connectivity index (χ3n) is 4.75. The number of ether oxygens (including phenoxy) is 1. The molecule has 3 aromatic heterocycles. The summed E-state index contributed by atoms with van der Waals surface area (Å²) in [5, 5.41) is 8.64. The van der Waals surface area contributed by atoms with E-state index in [9.17, 15) is 18.0 Å². The molecule has 0 radical (unpaired) electrons. The summed E-state index contributed by atoms with van der Waals surface area (Å²) in [6.07, 6.45) is -4.42. The lowest BCUT2D eigenvalue weighted by Gasteiger charge is -2.28. The predicted molar refractivity (Wildman–Crippen MR) is 108 cm³/mol. The number of nitrogens with zero attached hydrogens (tertiary/aromatic N) is 5. The Morgan fingerprint density at radius 3 is 2.67 bits per heavy atom. The van der Waals surface area contributed by atoms with Crippen molar-refractivity contribution in [1.29, 1.82) is 0 Å². The molecule has 30 heavy (non-hydrogen) atoms. The maximum atomic E-state index is 13.2. The molecule has 4 heterocycles. The third-order valence-corrected chi connectivity index (χ3v) is 6.83. The summed E-state index contributed by atoms with van der Waals surface area (Å²) in [5.41, 5.74) is 0.645. The first-order valence-corrected chi connectivity index (χ1v) is 11.0. The van der Waals surface area contributed by atoms with E-state index in [1.54, 1.807) is 4.90 Å². The molecule has 0 aliphatic carbocycles. The Balaban J connectivity index is 1.60. The number of anilines is 1. The zero-order chi connectivity index (χ0) is 21.5. The number of thioether (sulfide) groups is 1. The maximum absolute atomic E-state index is 13.2. The van der Waals surface area contributed by atoms with Crippen LogP contribution in [0.15, 0.2) is 9.95 Å². The first kappa shape index (κ1) is 21.1. The molecule has 8 nitrogen and oxygen atoms in total. The zero-order valence-electron chi connectivity index (χ0n) is 16.2. The number of aromatic nitrogens is 5. The number of morpholine rings is 1. The van der Waals surface area contributed by atoms with Crippen LogP contribution in [0.4, 0.5) is 19.1 Å². The van der Waals surface area contributed by atoms with Crippen LogP contribution in [0.5, 0.6) is 0 Å². The smallest absolute Gasteiger partial charge is 0.378 e. The van der Waals surface area contributed by atoms with E-state index >= 15 is 0 Å². The lowest BCUT2D eigenvalue weighted by atomic mass is 10.2. The third kappa shape index (κ3) is 4.32. The Hall–Kier alpha value is -2.12. The van der Waals surface area contributed by atoms with Crippen LogP contribution in [0, 0.1) is 13.8 Å². The molecule has 3 aromatic rings. The molecule has 1 saturated heterocycles. The van der Waals surface area contributed by atoms with Crippen LogP contribution in [0.25, 0.3) is 10.2 Å². The first-order valence-electron chi connectivity index (χ1n) is 9.17. The van der Waals surface area contributed by atoms with E-state index in [4.69, 9.17) is 4.74 Å². The van der Waals surface area contributed by atoms with Crippen molar-refractivity contribution in [3.63, 3.8) is 0 Å². The van der Waals surface area contributed by atoms with Crippen LogP contribution in [-0.4, -0.2) is 57.2 Å². The summed E-state index contributed by atoms with van der Waals surface area (Å²) in [6, 6.07) is 0. The van der Waals surface area contributed by atoms with Gasteiger partial charge < -0.3 is 14.6 Å². The monoisotopic (exact) mass is 460 g/mol. The van der Waals surface area contributed by atoms with Crippen molar-refractivity contribution < 1.29 is 17.9 Å². The highest BCUT2D eigenvalue weighted by Crippen LogP contribution is 2.30. The molecule has 0 aromatic carbocycles. The number of hydrogen-bond donors (Lipinski definition) is 1. The van der Waals surface area contributed by atoms with Gasteiger partial charge in [-0.05, 0) is 19.4 Å². The standard InChI is InChI=1S/C17H19F3N6O2S2/c1-9-10(2)30-14-12(9)13(27)21-11(22-14)7-29-16-24-23-15(25-3-5-28-6-4-25)26(16)8-17(18,19)20/h3-8H2,1-2H3,(H,21,22,27). The lowest BCUT2D eigenvalue weighted by molar-refractivity contribution is -0.141. The Bertz CT molecular complexity index is 1120. The maximum Gasteiger partial charge on any atom is 0.406 e. The molecule has 1 N–H and O–H groups in total. The quantitative estimate of drug-likeness (QED) is 0.586. The summed E-state index contributed by atoms with van der Waals surface area (Å²) >= 11 is 2.48. The molecule has 0 atom stereocenters. The van der Waals surface area contributed by atoms with Gasteiger partial charge in [0.15, 0.2) is 5.16 Å². The largest absolute Gasteiger partial charge is 0.406 e.